The first kappa shape index (κ1) is 56.0. The summed E-state index contributed by atoms with van der Waals surface area (Å²) in [5.74, 6) is -4.94. The fourth-order valence-corrected chi connectivity index (χ4v) is 9.91. The lowest BCUT2D eigenvalue weighted by Gasteiger charge is -2.38. The smallest absolute Gasteiger partial charge is 0.410 e. The van der Waals surface area contributed by atoms with Crippen LogP contribution in [0.1, 0.15) is 113 Å². The molecule has 3 heterocycles. The minimum atomic E-state index is -5.66. The highest BCUT2D eigenvalue weighted by Gasteiger charge is 2.56. The van der Waals surface area contributed by atoms with Crippen molar-refractivity contribution in [2.45, 2.75) is 116 Å². The Bertz CT molecular complexity index is 2630. The summed E-state index contributed by atoms with van der Waals surface area (Å²) in [6.07, 6.45) is 1.02. The number of rotatable bonds is 20. The van der Waals surface area contributed by atoms with E-state index in [2.05, 4.69) is 15.6 Å². The number of aromatic amines is 1. The molecule has 3 aromatic carbocycles. The van der Waals surface area contributed by atoms with Crippen LogP contribution < -0.4 is 16.4 Å². The summed E-state index contributed by atoms with van der Waals surface area (Å²) in [6, 6.07) is 19.5. The van der Waals surface area contributed by atoms with Crippen molar-refractivity contribution in [1.82, 2.24) is 25.4 Å². The van der Waals surface area contributed by atoms with Gasteiger partial charge in [0.05, 0.1) is 16.9 Å². The van der Waals surface area contributed by atoms with Gasteiger partial charge in [0.25, 0.3) is 5.91 Å². The van der Waals surface area contributed by atoms with Gasteiger partial charge in [-0.3, -0.25) is 47.2 Å². The molecule has 4 aromatic rings. The van der Waals surface area contributed by atoms with Gasteiger partial charge in [-0.1, -0.05) is 66.7 Å². The molecule has 18 nitrogen and oxygen atoms in total. The first-order chi connectivity index (χ1) is 34.3. The number of hydrogen-bond donors (Lipinski definition) is 4. The molecule has 5 N–H and O–H groups in total. The van der Waals surface area contributed by atoms with Crippen molar-refractivity contribution in [3.05, 3.63) is 107 Å². The van der Waals surface area contributed by atoms with Gasteiger partial charge in [-0.15, -0.1) is 0 Å². The summed E-state index contributed by atoms with van der Waals surface area (Å²) in [4.78, 5) is 100. The molecule has 2 fully saturated rings. The van der Waals surface area contributed by atoms with Crippen molar-refractivity contribution in [1.29, 1.82) is 0 Å². The van der Waals surface area contributed by atoms with Crippen molar-refractivity contribution >= 4 is 59.8 Å². The Morgan fingerprint density at radius 2 is 1.40 bits per heavy atom. The molecule has 4 atom stereocenters. The van der Waals surface area contributed by atoms with Gasteiger partial charge in [-0.05, 0) is 110 Å². The number of nitrogens with two attached hydrogens (primary N) is 1. The van der Waals surface area contributed by atoms with Gasteiger partial charge in [0, 0.05) is 47.8 Å². The second-order valence-corrected chi connectivity index (χ2v) is 22.6. The largest absolute Gasteiger partial charge is 0.438 e. The maximum Gasteiger partial charge on any atom is 0.410 e. The Balaban J connectivity index is 1.20. The van der Waals surface area contributed by atoms with Gasteiger partial charge in [0.2, 0.25) is 31.3 Å². The number of amides is 4. The lowest BCUT2D eigenvalue weighted by atomic mass is 9.85. The maximum atomic E-state index is 16.4. The number of esters is 2. The predicted octanol–water partition coefficient (Wildman–Crippen LogP) is 6.87. The third kappa shape index (κ3) is 13.8. The number of fused-ring (bicyclic) bond motifs is 2. The summed E-state index contributed by atoms with van der Waals surface area (Å²) in [5.41, 5.74) is -0.0657. The van der Waals surface area contributed by atoms with Crippen molar-refractivity contribution in [2.24, 2.45) is 16.6 Å². The molecule has 2 aliphatic rings. The first-order valence-electron chi connectivity index (χ1n) is 24.1. The molecule has 2 aliphatic heterocycles. The summed E-state index contributed by atoms with van der Waals surface area (Å²) in [5, 5.41) is 5.68. The minimum absolute atomic E-state index is 0.00213. The summed E-state index contributed by atoms with van der Waals surface area (Å²) >= 11 is 0. The number of alkyl halides is 2. The van der Waals surface area contributed by atoms with E-state index in [1.54, 1.807) is 7.05 Å². The molecule has 0 saturated carbocycles. The topological polar surface area (TPSA) is 246 Å². The highest BCUT2D eigenvalue weighted by molar-refractivity contribution is 7.54. The zero-order valence-corrected chi connectivity index (χ0v) is 43.0. The summed E-state index contributed by atoms with van der Waals surface area (Å²) in [6.45, 7) is 7.23. The Kier molecular flexibility index (Phi) is 17.8. The van der Waals surface area contributed by atoms with Crippen LogP contribution in [0.3, 0.4) is 0 Å². The number of benzene rings is 3. The highest BCUT2D eigenvalue weighted by atomic mass is 31.2. The maximum absolute atomic E-state index is 16.4. The highest BCUT2D eigenvalue weighted by Crippen LogP contribution is 2.67. The Morgan fingerprint density at radius 1 is 0.822 bits per heavy atom. The van der Waals surface area contributed by atoms with Crippen LogP contribution in [0.4, 0.5) is 8.78 Å². The number of nitrogens with one attached hydrogen (secondary N) is 3. The van der Waals surface area contributed by atoms with Crippen LogP contribution in [-0.4, -0.2) is 114 Å². The molecule has 21 heteroatoms. The number of aromatic nitrogens is 1. The van der Waals surface area contributed by atoms with Gasteiger partial charge in [0.1, 0.15) is 17.8 Å². The SMILES string of the molecule is CN1CC[C@H]2CC[C@@H](C(=O)N[C@@H](CCC(N)=O)C(=O)CC(c3ccccc3)c3ccccc3)N2C(=O)[C@@H](NC(=O)c2cc3cc(C(F)(F)P(=O)(OCOC(=O)C(C)(C)C)OCOC(=O)C(C)(C)C)ccc3[nH]2)C1. The van der Waals surface area contributed by atoms with Crippen molar-refractivity contribution in [2.75, 3.05) is 33.7 Å². The molecule has 2 saturated heterocycles. The second-order valence-electron chi connectivity index (χ2n) is 20.6. The molecule has 4 amide bonds. The molecule has 6 rings (SSSR count). The predicted molar refractivity (Wildman–Crippen MR) is 265 cm³/mol. The average Bonchev–Trinajstić information content (AvgIpc) is 3.97. The van der Waals surface area contributed by atoms with E-state index in [-0.39, 0.29) is 66.6 Å². The third-order valence-electron chi connectivity index (χ3n) is 12.8. The van der Waals surface area contributed by atoms with Crippen LogP contribution >= 0.6 is 7.60 Å². The Hall–Kier alpha value is -6.34. The molecule has 0 spiro atoms. The number of likely N-dealkylation sites (N-methyl/N-ethyl adjacent to an activating group) is 1. The molecular weight excluding hydrogens is 970 g/mol. The zero-order chi connectivity index (χ0) is 53.5. The number of carbonyl (C=O) groups is 7. The monoisotopic (exact) mass is 1030 g/mol. The number of primary amides is 1. The Morgan fingerprint density at radius 3 is 1.95 bits per heavy atom. The van der Waals surface area contributed by atoms with Crippen LogP contribution in [0, 0.1) is 10.8 Å². The van der Waals surface area contributed by atoms with Crippen LogP contribution in [0.2, 0.25) is 0 Å². The average molecular weight is 1040 g/mol. The van der Waals surface area contributed by atoms with Crippen LogP contribution in [0.5, 0.6) is 0 Å². The van der Waals surface area contributed by atoms with Gasteiger partial charge >= 0.3 is 25.2 Å². The second kappa shape index (κ2) is 23.3. The van der Waals surface area contributed by atoms with Gasteiger partial charge in [0.15, 0.2) is 5.78 Å². The van der Waals surface area contributed by atoms with E-state index in [1.165, 1.54) is 58.6 Å². The Labute approximate surface area is 422 Å². The van der Waals surface area contributed by atoms with Gasteiger partial charge < -0.3 is 40.6 Å². The normalized spacial score (nSPS) is 18.4. The van der Waals surface area contributed by atoms with E-state index >= 15 is 8.78 Å². The number of carbonyl (C=O) groups excluding carboxylic acids is 7. The fourth-order valence-electron chi connectivity index (χ4n) is 8.67. The van der Waals surface area contributed by atoms with Gasteiger partial charge in [-0.25, -0.2) is 0 Å². The van der Waals surface area contributed by atoms with Gasteiger partial charge in [-0.2, -0.15) is 8.78 Å². The number of ether oxygens (including phenoxy) is 2. The number of hydrogen-bond acceptors (Lipinski definition) is 13. The van der Waals surface area contributed by atoms with Crippen molar-refractivity contribution in [3.8, 4) is 0 Å². The van der Waals surface area contributed by atoms with Crippen molar-refractivity contribution < 1.29 is 65.4 Å². The number of ketones is 1. The zero-order valence-electron chi connectivity index (χ0n) is 42.1. The van der Waals surface area contributed by atoms with E-state index in [0.29, 0.717) is 19.4 Å². The van der Waals surface area contributed by atoms with E-state index in [1.807, 2.05) is 65.6 Å². The molecule has 73 heavy (non-hydrogen) atoms. The lowest BCUT2D eigenvalue weighted by molar-refractivity contribution is -0.163. The summed E-state index contributed by atoms with van der Waals surface area (Å²) < 4.78 is 66.7. The number of Topliss-reactive ketones (excluding diaryl/α,β-unsaturated/α-hetero) is 1. The fraction of sp³-hybridized carbons (Fsp3) is 0.481. The van der Waals surface area contributed by atoms with E-state index in [0.717, 1.165) is 23.3 Å². The number of halogens is 2. The van der Waals surface area contributed by atoms with Crippen molar-refractivity contribution in [3.63, 3.8) is 0 Å². The molecule has 394 valence electrons. The lowest BCUT2D eigenvalue weighted by Crippen LogP contribution is -2.61. The number of H-pyrrole nitrogens is 1. The summed E-state index contributed by atoms with van der Waals surface area (Å²) in [7, 11) is -3.87. The molecule has 0 unspecified atom stereocenters. The molecule has 0 aliphatic carbocycles. The van der Waals surface area contributed by atoms with Crippen LogP contribution in [-0.2, 0) is 57.5 Å². The van der Waals surface area contributed by atoms with E-state index in [4.69, 9.17) is 24.3 Å². The molecule has 0 radical (unpaired) electrons. The minimum Gasteiger partial charge on any atom is -0.438 e. The molecule has 0 bridgehead atoms. The third-order valence-corrected chi connectivity index (χ3v) is 14.6. The van der Waals surface area contributed by atoms with E-state index < -0.39 is 96.9 Å². The molecule has 1 aromatic heterocycles. The molecular formula is C52H65F2N6O12P. The quantitative estimate of drug-likeness (QED) is 0.0402. The first-order valence-corrected chi connectivity index (χ1v) is 25.6. The standard InChI is InChI=1S/C52H65F2N6O12P/c1-50(2,3)48(66)69-30-71-73(68,72-31-70-49(67)51(4,5)6)52(53,54)35-18-20-38-34(26-35)27-40(56-38)45(63)58-41-29-59(7)25-24-36-19-22-42(60(36)47(41)65)46(64)57-39(21-23-44(55)62)43(61)28-37(32-14-10-8-11-15-32)33-16-12-9-13-17-33/h8-18,20,26-27,36-37,39,41-42,56H,19,21-25,28-31H2,1-7H3,(H2,55,62)(H,57,64)(H,58,63)/t36-,39+,41+,42+/m1/s1. The van der Waals surface area contributed by atoms with E-state index in [9.17, 15) is 38.1 Å². The van der Waals surface area contributed by atoms with Crippen LogP contribution in [0.25, 0.3) is 10.9 Å². The number of nitrogens with zero attached hydrogens (tertiary/aromatic N) is 2. The van der Waals surface area contributed by atoms with Crippen LogP contribution in [0.15, 0.2) is 84.9 Å².